The topological polar surface area (TPSA) is 94.8 Å². The van der Waals surface area contributed by atoms with Gasteiger partial charge in [0.15, 0.2) is 0 Å². The van der Waals surface area contributed by atoms with Gasteiger partial charge in [0.25, 0.3) is 0 Å². The van der Waals surface area contributed by atoms with Crippen molar-refractivity contribution in [2.24, 2.45) is 0 Å². The number of carboxylic acid groups (broad SMARTS) is 2. The highest BCUT2D eigenvalue weighted by molar-refractivity contribution is 5.86. The van der Waals surface area contributed by atoms with Crippen LogP contribution in [0.4, 0.5) is 0 Å². The lowest BCUT2D eigenvalue weighted by atomic mass is 9.79. The third kappa shape index (κ3) is 2.31. The normalized spacial score (nSPS) is 14.1. The van der Waals surface area contributed by atoms with E-state index in [0.29, 0.717) is 5.56 Å². The summed E-state index contributed by atoms with van der Waals surface area (Å²) in [6.07, 6.45) is -0.507. The zero-order valence-corrected chi connectivity index (χ0v) is 8.67. The first-order chi connectivity index (χ1) is 7.36. The summed E-state index contributed by atoms with van der Waals surface area (Å²) in [5, 5.41) is 26.9. The number of phenols is 1. The molecule has 1 aromatic rings. The number of hydrogen-bond donors (Lipinski definition) is 3. The van der Waals surface area contributed by atoms with Crippen LogP contribution in [0.25, 0.3) is 0 Å². The van der Waals surface area contributed by atoms with Crippen LogP contribution in [0, 0.1) is 0 Å². The van der Waals surface area contributed by atoms with Gasteiger partial charge in [-0.2, -0.15) is 0 Å². The Morgan fingerprint density at radius 2 is 1.69 bits per heavy atom. The minimum Gasteiger partial charge on any atom is -0.508 e. The molecule has 0 aliphatic carbocycles. The number of carboxylic acids is 2. The largest absolute Gasteiger partial charge is 0.508 e. The Labute approximate surface area is 92.0 Å². The summed E-state index contributed by atoms with van der Waals surface area (Å²) in [6, 6.07) is 5.48. The van der Waals surface area contributed by atoms with E-state index in [1.54, 1.807) is 0 Å². The van der Waals surface area contributed by atoms with E-state index in [1.165, 1.54) is 31.2 Å². The molecular formula is C11H12O5. The van der Waals surface area contributed by atoms with E-state index in [0.717, 1.165) is 0 Å². The summed E-state index contributed by atoms with van der Waals surface area (Å²) >= 11 is 0. The number of aliphatic carboxylic acids is 2. The van der Waals surface area contributed by atoms with Gasteiger partial charge in [-0.1, -0.05) is 12.1 Å². The molecule has 1 atom stereocenters. The fraction of sp³-hybridized carbons (Fsp3) is 0.273. The Morgan fingerprint density at radius 3 is 2.06 bits per heavy atom. The lowest BCUT2D eigenvalue weighted by Gasteiger charge is -2.23. The summed E-state index contributed by atoms with van der Waals surface area (Å²) in [5.74, 6) is -2.38. The first-order valence-electron chi connectivity index (χ1n) is 4.61. The van der Waals surface area contributed by atoms with E-state index in [4.69, 9.17) is 15.3 Å². The van der Waals surface area contributed by atoms with Crippen LogP contribution < -0.4 is 0 Å². The van der Waals surface area contributed by atoms with Gasteiger partial charge in [-0.05, 0) is 24.6 Å². The molecule has 0 unspecified atom stereocenters. The third-order valence-electron chi connectivity index (χ3n) is 2.48. The molecule has 0 bridgehead atoms. The van der Waals surface area contributed by atoms with Crippen molar-refractivity contribution in [3.63, 3.8) is 0 Å². The van der Waals surface area contributed by atoms with Crippen molar-refractivity contribution in [1.29, 1.82) is 0 Å². The van der Waals surface area contributed by atoms with Crippen LogP contribution >= 0.6 is 0 Å². The van der Waals surface area contributed by atoms with Crippen LogP contribution in [0.2, 0.25) is 0 Å². The Balaban J connectivity index is 3.16. The highest BCUT2D eigenvalue weighted by Crippen LogP contribution is 2.29. The number of aromatic hydroxyl groups is 1. The van der Waals surface area contributed by atoms with E-state index < -0.39 is 23.8 Å². The Morgan fingerprint density at radius 1 is 1.19 bits per heavy atom. The first-order valence-corrected chi connectivity index (χ1v) is 4.61. The Bertz CT molecular complexity index is 409. The molecule has 0 heterocycles. The van der Waals surface area contributed by atoms with Gasteiger partial charge in [0.05, 0.1) is 6.42 Å². The van der Waals surface area contributed by atoms with Crippen LogP contribution in [0.5, 0.6) is 5.75 Å². The van der Waals surface area contributed by atoms with Gasteiger partial charge in [-0.15, -0.1) is 0 Å². The predicted octanol–water partition coefficient (Wildman–Crippen LogP) is 1.21. The molecule has 0 spiro atoms. The second kappa shape index (κ2) is 4.22. The summed E-state index contributed by atoms with van der Waals surface area (Å²) in [5.41, 5.74) is -1.14. The van der Waals surface area contributed by atoms with Gasteiger partial charge in [0.2, 0.25) is 0 Å². The fourth-order valence-electron chi connectivity index (χ4n) is 1.43. The molecule has 0 radical (unpaired) electrons. The summed E-state index contributed by atoms with van der Waals surface area (Å²) in [6.45, 7) is 1.34. The van der Waals surface area contributed by atoms with E-state index >= 15 is 0 Å². The number of hydrogen-bond acceptors (Lipinski definition) is 3. The molecule has 0 amide bonds. The number of rotatable bonds is 4. The maximum atomic E-state index is 11.1. The van der Waals surface area contributed by atoms with Crippen LogP contribution in [0.1, 0.15) is 18.9 Å². The predicted molar refractivity (Wildman–Crippen MR) is 55.3 cm³/mol. The highest BCUT2D eigenvalue weighted by atomic mass is 16.4. The minimum atomic E-state index is -1.49. The van der Waals surface area contributed by atoms with Gasteiger partial charge in [0, 0.05) is 0 Å². The summed E-state index contributed by atoms with van der Waals surface area (Å²) < 4.78 is 0. The Hall–Kier alpha value is -2.04. The molecule has 16 heavy (non-hydrogen) atoms. The van der Waals surface area contributed by atoms with E-state index in [2.05, 4.69) is 0 Å². The van der Waals surface area contributed by atoms with E-state index in [-0.39, 0.29) is 5.75 Å². The molecule has 0 saturated carbocycles. The van der Waals surface area contributed by atoms with Gasteiger partial charge in [-0.25, -0.2) is 0 Å². The molecule has 0 aliphatic rings. The molecule has 1 rings (SSSR count). The molecule has 0 aromatic heterocycles. The zero-order chi connectivity index (χ0) is 12.3. The van der Waals surface area contributed by atoms with Crippen molar-refractivity contribution in [2.45, 2.75) is 18.8 Å². The number of carbonyl (C=O) groups is 2. The average molecular weight is 224 g/mol. The minimum absolute atomic E-state index is 0.00631. The van der Waals surface area contributed by atoms with Gasteiger partial charge < -0.3 is 15.3 Å². The first kappa shape index (κ1) is 12.0. The number of phenolic OH excluding ortho intramolecular Hbond substituents is 1. The summed E-state index contributed by atoms with van der Waals surface area (Å²) in [4.78, 5) is 21.8. The van der Waals surface area contributed by atoms with Crippen LogP contribution in [0.3, 0.4) is 0 Å². The van der Waals surface area contributed by atoms with Crippen molar-refractivity contribution in [1.82, 2.24) is 0 Å². The SMILES string of the molecule is C[C@@](CC(=O)O)(C(=O)O)c1ccc(O)cc1. The van der Waals surface area contributed by atoms with Crippen molar-refractivity contribution in [3.8, 4) is 5.75 Å². The van der Waals surface area contributed by atoms with Gasteiger partial charge >= 0.3 is 11.9 Å². The maximum Gasteiger partial charge on any atom is 0.314 e. The molecule has 5 nitrogen and oxygen atoms in total. The molecule has 86 valence electrons. The van der Waals surface area contributed by atoms with E-state index in [1.807, 2.05) is 0 Å². The second-order valence-electron chi connectivity index (χ2n) is 3.75. The molecule has 0 fully saturated rings. The molecule has 5 heteroatoms. The molecule has 0 aliphatic heterocycles. The monoisotopic (exact) mass is 224 g/mol. The van der Waals surface area contributed by atoms with Crippen LogP contribution in [-0.2, 0) is 15.0 Å². The Kier molecular flexibility index (Phi) is 3.17. The molecule has 3 N–H and O–H groups in total. The summed E-state index contributed by atoms with van der Waals surface area (Å²) in [7, 11) is 0. The van der Waals surface area contributed by atoms with Crippen molar-refractivity contribution in [2.75, 3.05) is 0 Å². The average Bonchev–Trinajstić information content (AvgIpc) is 2.17. The molecular weight excluding hydrogens is 212 g/mol. The molecule has 1 aromatic carbocycles. The lowest BCUT2D eigenvalue weighted by molar-refractivity contribution is -0.149. The van der Waals surface area contributed by atoms with E-state index in [9.17, 15) is 9.59 Å². The third-order valence-corrected chi connectivity index (χ3v) is 2.48. The smallest absolute Gasteiger partial charge is 0.314 e. The number of benzene rings is 1. The molecule has 0 saturated heterocycles. The fourth-order valence-corrected chi connectivity index (χ4v) is 1.43. The quantitative estimate of drug-likeness (QED) is 0.714. The van der Waals surface area contributed by atoms with Gasteiger partial charge in [0.1, 0.15) is 11.2 Å². The standard InChI is InChI=1S/C11H12O5/c1-11(10(15)16,6-9(13)14)7-2-4-8(12)5-3-7/h2-5,12H,6H2,1H3,(H,13,14)(H,15,16)/t11-/m0/s1. The van der Waals surface area contributed by atoms with Crippen LogP contribution in [0.15, 0.2) is 24.3 Å². The van der Waals surface area contributed by atoms with Crippen LogP contribution in [-0.4, -0.2) is 27.3 Å². The van der Waals surface area contributed by atoms with Crippen molar-refractivity contribution < 1.29 is 24.9 Å². The van der Waals surface area contributed by atoms with Crippen molar-refractivity contribution in [3.05, 3.63) is 29.8 Å². The highest BCUT2D eigenvalue weighted by Gasteiger charge is 2.37. The van der Waals surface area contributed by atoms with Gasteiger partial charge in [-0.3, -0.25) is 9.59 Å². The zero-order valence-electron chi connectivity index (χ0n) is 8.67. The van der Waals surface area contributed by atoms with Crippen molar-refractivity contribution >= 4 is 11.9 Å². The maximum absolute atomic E-state index is 11.1. The lowest BCUT2D eigenvalue weighted by Crippen LogP contribution is -2.34. The second-order valence-corrected chi connectivity index (χ2v) is 3.75.